The summed E-state index contributed by atoms with van der Waals surface area (Å²) in [7, 11) is 1.51. The lowest BCUT2D eigenvalue weighted by molar-refractivity contribution is 0.166. The van der Waals surface area contributed by atoms with Crippen molar-refractivity contribution in [3.05, 3.63) is 24.3 Å². The summed E-state index contributed by atoms with van der Waals surface area (Å²) in [5.41, 5.74) is 0.501. The van der Waals surface area contributed by atoms with Crippen molar-refractivity contribution in [1.29, 1.82) is 0 Å². The Morgan fingerprint density at radius 1 is 1.39 bits per heavy atom. The highest BCUT2D eigenvalue weighted by Crippen LogP contribution is 2.23. The first kappa shape index (κ1) is 14.3. The molecule has 0 fully saturated rings. The third-order valence-corrected chi connectivity index (χ3v) is 2.54. The molecule has 1 aromatic rings. The SMILES string of the molecule is COc1ccccc1NC(=O)O/N=C(\Cl)C(C)C. The van der Waals surface area contributed by atoms with Crippen LogP contribution in [0.25, 0.3) is 0 Å². The van der Waals surface area contributed by atoms with Crippen molar-refractivity contribution < 1.29 is 14.4 Å². The Morgan fingerprint density at radius 2 is 2.06 bits per heavy atom. The number of halogens is 1. The van der Waals surface area contributed by atoms with Crippen LogP contribution >= 0.6 is 11.6 Å². The molecule has 0 radical (unpaired) electrons. The van der Waals surface area contributed by atoms with Gasteiger partial charge in [-0.2, -0.15) is 0 Å². The zero-order valence-corrected chi connectivity index (χ0v) is 11.2. The first-order chi connectivity index (χ1) is 8.54. The van der Waals surface area contributed by atoms with Crippen molar-refractivity contribution in [2.45, 2.75) is 13.8 Å². The van der Waals surface area contributed by atoms with E-state index in [4.69, 9.17) is 16.3 Å². The van der Waals surface area contributed by atoms with E-state index in [1.54, 1.807) is 24.3 Å². The molecule has 0 saturated carbocycles. The van der Waals surface area contributed by atoms with Crippen LogP contribution in [0.1, 0.15) is 13.8 Å². The van der Waals surface area contributed by atoms with Gasteiger partial charge in [-0.3, -0.25) is 10.2 Å². The molecular formula is C12H15ClN2O3. The first-order valence-electron chi connectivity index (χ1n) is 5.39. The van der Waals surface area contributed by atoms with Crippen LogP contribution < -0.4 is 10.1 Å². The summed E-state index contributed by atoms with van der Waals surface area (Å²) in [4.78, 5) is 16.1. The van der Waals surface area contributed by atoms with Crippen molar-refractivity contribution >= 4 is 28.6 Å². The number of carbonyl (C=O) groups is 1. The molecule has 0 bridgehead atoms. The molecule has 0 spiro atoms. The lowest BCUT2D eigenvalue weighted by Crippen LogP contribution is -2.13. The van der Waals surface area contributed by atoms with Crippen molar-refractivity contribution in [1.82, 2.24) is 0 Å². The standard InChI is InChI=1S/C12H15ClN2O3/c1-8(2)11(13)15-18-12(16)14-9-6-4-5-7-10(9)17-3/h4-8H,1-3H3,(H,14,16)/b15-11-. The highest BCUT2D eigenvalue weighted by Gasteiger charge is 2.08. The van der Waals surface area contributed by atoms with Crippen molar-refractivity contribution in [3.8, 4) is 5.75 Å². The van der Waals surface area contributed by atoms with E-state index in [2.05, 4.69) is 15.3 Å². The number of para-hydroxylation sites is 2. The number of benzene rings is 1. The van der Waals surface area contributed by atoms with Crippen LogP contribution in [-0.2, 0) is 4.84 Å². The fraction of sp³-hybridized carbons (Fsp3) is 0.333. The van der Waals surface area contributed by atoms with E-state index in [0.29, 0.717) is 11.4 Å². The van der Waals surface area contributed by atoms with Crippen molar-refractivity contribution in [2.24, 2.45) is 11.1 Å². The Hall–Kier alpha value is -1.75. The second-order valence-corrected chi connectivity index (χ2v) is 4.16. The van der Waals surface area contributed by atoms with Crippen LogP contribution in [0.2, 0.25) is 0 Å². The number of nitrogens with zero attached hydrogens (tertiary/aromatic N) is 1. The summed E-state index contributed by atoms with van der Waals surface area (Å²) in [6, 6.07) is 6.97. The molecule has 0 aliphatic heterocycles. The maximum atomic E-state index is 11.5. The first-order valence-corrected chi connectivity index (χ1v) is 5.76. The molecule has 98 valence electrons. The number of oxime groups is 1. The number of amides is 1. The topological polar surface area (TPSA) is 59.9 Å². The number of hydrogen-bond donors (Lipinski definition) is 1. The Balaban J connectivity index is 2.63. The number of methoxy groups -OCH3 is 1. The van der Waals surface area contributed by atoms with Gasteiger partial charge >= 0.3 is 6.09 Å². The summed E-state index contributed by atoms with van der Waals surface area (Å²) < 4.78 is 5.08. The average Bonchev–Trinajstić information content (AvgIpc) is 2.36. The van der Waals surface area contributed by atoms with Crippen LogP contribution in [0, 0.1) is 5.92 Å². The van der Waals surface area contributed by atoms with Crippen LogP contribution in [-0.4, -0.2) is 18.4 Å². The molecule has 0 aliphatic carbocycles. The van der Waals surface area contributed by atoms with Crippen LogP contribution in [0.4, 0.5) is 10.5 Å². The quantitative estimate of drug-likeness (QED) is 0.518. The van der Waals surface area contributed by atoms with Gasteiger partial charge in [0, 0.05) is 5.92 Å². The molecule has 1 aromatic carbocycles. The number of carbonyl (C=O) groups excluding carboxylic acids is 1. The fourth-order valence-electron chi connectivity index (χ4n) is 1.07. The highest BCUT2D eigenvalue weighted by atomic mass is 35.5. The van der Waals surface area contributed by atoms with Gasteiger partial charge in [0.25, 0.3) is 0 Å². The van der Waals surface area contributed by atoms with Gasteiger partial charge in [0.1, 0.15) is 10.9 Å². The molecule has 0 aliphatic rings. The van der Waals surface area contributed by atoms with Gasteiger partial charge in [-0.05, 0) is 12.1 Å². The Labute approximate surface area is 111 Å². The maximum Gasteiger partial charge on any atom is 0.437 e. The molecule has 18 heavy (non-hydrogen) atoms. The summed E-state index contributed by atoms with van der Waals surface area (Å²) >= 11 is 5.74. The van der Waals surface area contributed by atoms with E-state index in [1.165, 1.54) is 7.11 Å². The predicted octanol–water partition coefficient (Wildman–Crippen LogP) is 3.45. The van der Waals surface area contributed by atoms with Gasteiger partial charge in [0.05, 0.1) is 12.8 Å². The third-order valence-electron chi connectivity index (χ3n) is 2.04. The maximum absolute atomic E-state index is 11.5. The van der Waals surface area contributed by atoms with Crippen molar-refractivity contribution in [3.63, 3.8) is 0 Å². The average molecular weight is 271 g/mol. The van der Waals surface area contributed by atoms with E-state index in [9.17, 15) is 4.79 Å². The molecule has 0 saturated heterocycles. The third kappa shape index (κ3) is 4.25. The van der Waals surface area contributed by atoms with Crippen LogP contribution in [0.15, 0.2) is 29.4 Å². The largest absolute Gasteiger partial charge is 0.495 e. The van der Waals surface area contributed by atoms with E-state index in [-0.39, 0.29) is 11.1 Å². The minimum absolute atomic E-state index is 0.00530. The zero-order chi connectivity index (χ0) is 13.5. The minimum Gasteiger partial charge on any atom is -0.495 e. The normalized spacial score (nSPS) is 11.3. The number of anilines is 1. The number of rotatable bonds is 4. The number of hydrogen-bond acceptors (Lipinski definition) is 4. The van der Waals surface area contributed by atoms with E-state index >= 15 is 0 Å². The molecule has 1 amide bonds. The molecule has 5 nitrogen and oxygen atoms in total. The van der Waals surface area contributed by atoms with E-state index < -0.39 is 6.09 Å². The Morgan fingerprint density at radius 3 is 2.67 bits per heavy atom. The summed E-state index contributed by atoms with van der Waals surface area (Å²) in [5, 5.41) is 6.24. The Kier molecular flexibility index (Phi) is 5.45. The van der Waals surface area contributed by atoms with Gasteiger partial charge in [0.15, 0.2) is 0 Å². The van der Waals surface area contributed by atoms with Gasteiger partial charge in [-0.15, -0.1) is 0 Å². The molecule has 6 heteroatoms. The summed E-state index contributed by atoms with van der Waals surface area (Å²) in [6.45, 7) is 3.68. The predicted molar refractivity (Wildman–Crippen MR) is 71.2 cm³/mol. The lowest BCUT2D eigenvalue weighted by atomic mass is 10.2. The van der Waals surface area contributed by atoms with Crippen LogP contribution in [0.3, 0.4) is 0 Å². The van der Waals surface area contributed by atoms with Gasteiger partial charge < -0.3 is 4.74 Å². The molecular weight excluding hydrogens is 256 g/mol. The smallest absolute Gasteiger partial charge is 0.437 e. The summed E-state index contributed by atoms with van der Waals surface area (Å²) in [5.74, 6) is 0.541. The molecule has 0 heterocycles. The molecule has 0 atom stereocenters. The zero-order valence-electron chi connectivity index (χ0n) is 10.4. The van der Waals surface area contributed by atoms with Gasteiger partial charge in [0.2, 0.25) is 0 Å². The second-order valence-electron chi connectivity index (χ2n) is 3.77. The molecule has 0 unspecified atom stereocenters. The van der Waals surface area contributed by atoms with Crippen LogP contribution in [0.5, 0.6) is 5.75 Å². The van der Waals surface area contributed by atoms with Gasteiger partial charge in [-0.1, -0.05) is 42.7 Å². The van der Waals surface area contributed by atoms with Crippen molar-refractivity contribution in [2.75, 3.05) is 12.4 Å². The van der Waals surface area contributed by atoms with E-state index in [0.717, 1.165) is 0 Å². The van der Waals surface area contributed by atoms with E-state index in [1.807, 2.05) is 13.8 Å². The summed E-state index contributed by atoms with van der Waals surface area (Å²) in [6.07, 6.45) is -0.724. The lowest BCUT2D eigenvalue weighted by Gasteiger charge is -2.08. The van der Waals surface area contributed by atoms with Gasteiger partial charge in [-0.25, -0.2) is 4.79 Å². The molecule has 1 rings (SSSR count). The monoisotopic (exact) mass is 270 g/mol. The minimum atomic E-state index is -0.724. The fourth-order valence-corrected chi connectivity index (χ4v) is 1.11. The highest BCUT2D eigenvalue weighted by molar-refractivity contribution is 6.65. The Bertz CT molecular complexity index is 447. The molecule has 0 aromatic heterocycles. The molecule has 1 N–H and O–H groups in total. The second kappa shape index (κ2) is 6.86. The number of ether oxygens (including phenoxy) is 1. The number of nitrogens with one attached hydrogen (secondary N) is 1.